The van der Waals surface area contributed by atoms with Gasteiger partial charge in [-0.25, -0.2) is 0 Å². The van der Waals surface area contributed by atoms with Gasteiger partial charge in [0.15, 0.2) is 5.78 Å². The molecule has 11 heavy (non-hydrogen) atoms. The average Bonchev–Trinajstić information content (AvgIpc) is 1.86. The molecule has 0 unspecified atom stereocenters. The molecule has 1 nitrogen and oxygen atoms in total. The molecule has 0 amide bonds. The van der Waals surface area contributed by atoms with Crippen LogP contribution in [-0.4, -0.2) is 5.78 Å². The van der Waals surface area contributed by atoms with E-state index in [4.69, 9.17) is 0 Å². The molecule has 0 aliphatic carbocycles. The van der Waals surface area contributed by atoms with E-state index in [1.165, 1.54) is 24.8 Å². The van der Waals surface area contributed by atoms with E-state index < -0.39 is 0 Å². The molecule has 0 aromatic rings. The fourth-order valence-corrected chi connectivity index (χ4v) is 1.07. The summed E-state index contributed by atoms with van der Waals surface area (Å²) in [6.45, 7) is 5.81. The maximum Gasteiger partial charge on any atom is 0.152 e. The molecule has 0 aliphatic heterocycles. The highest BCUT2D eigenvalue weighted by molar-refractivity contribution is 5.87. The Morgan fingerprint density at radius 3 is 2.36 bits per heavy atom. The summed E-state index contributed by atoms with van der Waals surface area (Å²) in [4.78, 5) is 10.6. The van der Waals surface area contributed by atoms with Gasteiger partial charge in [0.2, 0.25) is 0 Å². The van der Waals surface area contributed by atoms with Gasteiger partial charge in [-0.3, -0.25) is 4.79 Å². The second-order valence-corrected chi connectivity index (χ2v) is 3.06. The van der Waals surface area contributed by atoms with Gasteiger partial charge in [0, 0.05) is 0 Å². The molecule has 0 atom stereocenters. The lowest BCUT2D eigenvalue weighted by Gasteiger charge is -1.97. The summed E-state index contributed by atoms with van der Waals surface area (Å²) in [6, 6.07) is 0. The van der Waals surface area contributed by atoms with Crippen molar-refractivity contribution in [3.63, 3.8) is 0 Å². The predicted molar refractivity (Wildman–Crippen MR) is 48.6 cm³/mol. The van der Waals surface area contributed by atoms with Crippen LogP contribution in [0, 0.1) is 0 Å². The minimum Gasteiger partial charge on any atom is -0.295 e. The lowest BCUT2D eigenvalue weighted by Crippen LogP contribution is -1.86. The molecule has 0 aromatic carbocycles. The first-order valence-corrected chi connectivity index (χ1v) is 4.34. The first-order chi connectivity index (χ1) is 5.16. The molecule has 0 rings (SSSR count). The van der Waals surface area contributed by atoms with Gasteiger partial charge >= 0.3 is 0 Å². The topological polar surface area (TPSA) is 17.1 Å². The third kappa shape index (κ3) is 7.31. The largest absolute Gasteiger partial charge is 0.295 e. The highest BCUT2D eigenvalue weighted by Gasteiger charge is 1.91. The quantitative estimate of drug-likeness (QED) is 0.439. The normalized spacial score (nSPS) is 11.7. The zero-order valence-electron chi connectivity index (χ0n) is 7.81. The number of rotatable bonds is 5. The van der Waals surface area contributed by atoms with Crippen LogP contribution in [0.25, 0.3) is 0 Å². The molecule has 0 saturated heterocycles. The predicted octanol–water partition coefficient (Wildman–Crippen LogP) is 3.10. The van der Waals surface area contributed by atoms with Crippen molar-refractivity contribution < 1.29 is 4.79 Å². The van der Waals surface area contributed by atoms with E-state index in [0.29, 0.717) is 0 Å². The number of carbonyl (C=O) groups excluding carboxylic acids is 1. The van der Waals surface area contributed by atoms with Gasteiger partial charge in [-0.05, 0) is 32.8 Å². The third-order valence-corrected chi connectivity index (χ3v) is 1.62. The maximum atomic E-state index is 10.6. The van der Waals surface area contributed by atoms with Crippen LogP contribution in [0.15, 0.2) is 11.6 Å². The second kappa shape index (κ2) is 6.14. The molecule has 0 spiro atoms. The van der Waals surface area contributed by atoms with Crippen LogP contribution in [0.4, 0.5) is 0 Å². The van der Waals surface area contributed by atoms with Crippen molar-refractivity contribution in [1.29, 1.82) is 0 Å². The molecule has 64 valence electrons. The van der Waals surface area contributed by atoms with Crippen molar-refractivity contribution in [3.05, 3.63) is 11.6 Å². The van der Waals surface area contributed by atoms with E-state index in [9.17, 15) is 4.79 Å². The first kappa shape index (κ1) is 10.4. The Balaban J connectivity index is 3.51. The van der Waals surface area contributed by atoms with E-state index in [2.05, 4.69) is 6.92 Å². The van der Waals surface area contributed by atoms with Crippen molar-refractivity contribution in [2.24, 2.45) is 0 Å². The summed E-state index contributed by atoms with van der Waals surface area (Å²) in [6.07, 6.45) is 6.53. The Bertz CT molecular complexity index is 145. The molecule has 0 aliphatic rings. The summed E-state index contributed by atoms with van der Waals surface area (Å²) >= 11 is 0. The smallest absolute Gasteiger partial charge is 0.152 e. The van der Waals surface area contributed by atoms with Gasteiger partial charge in [-0.2, -0.15) is 0 Å². The van der Waals surface area contributed by atoms with Gasteiger partial charge in [0.25, 0.3) is 0 Å². The monoisotopic (exact) mass is 154 g/mol. The number of carbonyl (C=O) groups is 1. The maximum absolute atomic E-state index is 10.6. The fraction of sp³-hybridized carbons (Fsp3) is 0.700. The lowest BCUT2D eigenvalue weighted by molar-refractivity contribution is -0.112. The summed E-state index contributed by atoms with van der Waals surface area (Å²) in [5, 5.41) is 0. The van der Waals surface area contributed by atoms with Crippen LogP contribution in [0.3, 0.4) is 0 Å². The number of allylic oxidation sites excluding steroid dienone is 2. The molecule has 1 heteroatoms. The Labute approximate surface area is 69.5 Å². The lowest BCUT2D eigenvalue weighted by atomic mass is 10.1. The van der Waals surface area contributed by atoms with Crippen LogP contribution in [0.2, 0.25) is 0 Å². The van der Waals surface area contributed by atoms with Crippen molar-refractivity contribution >= 4 is 5.78 Å². The SMILES string of the molecule is CCCCC/C(C)=C\C(C)=O. The van der Waals surface area contributed by atoms with E-state index in [1.54, 1.807) is 13.0 Å². The van der Waals surface area contributed by atoms with E-state index in [-0.39, 0.29) is 5.78 Å². The van der Waals surface area contributed by atoms with Crippen molar-refractivity contribution in [2.75, 3.05) is 0 Å². The molecule has 0 radical (unpaired) electrons. The van der Waals surface area contributed by atoms with Crippen LogP contribution in [0.5, 0.6) is 0 Å². The van der Waals surface area contributed by atoms with Gasteiger partial charge in [-0.1, -0.05) is 25.3 Å². The van der Waals surface area contributed by atoms with Gasteiger partial charge in [0.1, 0.15) is 0 Å². The summed E-state index contributed by atoms with van der Waals surface area (Å²) in [5.74, 6) is 0.166. The minimum absolute atomic E-state index is 0.166. The number of hydrogen-bond acceptors (Lipinski definition) is 1. The van der Waals surface area contributed by atoms with E-state index in [1.807, 2.05) is 6.92 Å². The highest BCUT2D eigenvalue weighted by Crippen LogP contribution is 2.07. The standard InChI is InChI=1S/C10H18O/c1-4-5-6-7-9(2)8-10(3)11/h8H,4-7H2,1-3H3/b9-8-. The Kier molecular flexibility index (Phi) is 5.81. The Morgan fingerprint density at radius 2 is 1.91 bits per heavy atom. The van der Waals surface area contributed by atoms with Gasteiger partial charge in [-0.15, -0.1) is 0 Å². The zero-order chi connectivity index (χ0) is 8.69. The number of hydrogen-bond donors (Lipinski definition) is 0. The summed E-state index contributed by atoms with van der Waals surface area (Å²) < 4.78 is 0. The van der Waals surface area contributed by atoms with Crippen LogP contribution < -0.4 is 0 Å². The zero-order valence-corrected chi connectivity index (χ0v) is 7.81. The Morgan fingerprint density at radius 1 is 1.27 bits per heavy atom. The van der Waals surface area contributed by atoms with Crippen LogP contribution in [-0.2, 0) is 4.79 Å². The molecule has 0 saturated carbocycles. The van der Waals surface area contributed by atoms with Crippen molar-refractivity contribution in [1.82, 2.24) is 0 Å². The molecule has 0 aromatic heterocycles. The van der Waals surface area contributed by atoms with E-state index in [0.717, 1.165) is 6.42 Å². The average molecular weight is 154 g/mol. The van der Waals surface area contributed by atoms with Gasteiger partial charge in [0.05, 0.1) is 0 Å². The molecule has 0 N–H and O–H groups in total. The number of unbranched alkanes of at least 4 members (excludes halogenated alkanes) is 2. The highest BCUT2D eigenvalue weighted by atomic mass is 16.1. The van der Waals surface area contributed by atoms with Gasteiger partial charge < -0.3 is 0 Å². The fourth-order valence-electron chi connectivity index (χ4n) is 1.07. The van der Waals surface area contributed by atoms with Crippen LogP contribution in [0.1, 0.15) is 46.5 Å². The molecule has 0 bridgehead atoms. The second-order valence-electron chi connectivity index (χ2n) is 3.06. The van der Waals surface area contributed by atoms with Crippen LogP contribution >= 0.6 is 0 Å². The molecular weight excluding hydrogens is 136 g/mol. The number of ketones is 1. The summed E-state index contributed by atoms with van der Waals surface area (Å²) in [5.41, 5.74) is 1.21. The first-order valence-electron chi connectivity index (χ1n) is 4.34. The van der Waals surface area contributed by atoms with E-state index >= 15 is 0 Å². The van der Waals surface area contributed by atoms with Crippen molar-refractivity contribution in [2.45, 2.75) is 46.5 Å². The molecular formula is C10H18O. The summed E-state index contributed by atoms with van der Waals surface area (Å²) in [7, 11) is 0. The van der Waals surface area contributed by atoms with Crippen molar-refractivity contribution in [3.8, 4) is 0 Å². The third-order valence-electron chi connectivity index (χ3n) is 1.62. The minimum atomic E-state index is 0.166. The molecule has 0 heterocycles. The molecule has 0 fully saturated rings. The Hall–Kier alpha value is -0.590.